The second-order valence-corrected chi connectivity index (χ2v) is 5.48. The van der Waals surface area contributed by atoms with E-state index in [9.17, 15) is 0 Å². The van der Waals surface area contributed by atoms with E-state index in [0.717, 1.165) is 22.2 Å². The molecule has 2 rings (SSSR count). The van der Waals surface area contributed by atoms with Gasteiger partial charge in [0.05, 0.1) is 0 Å². The van der Waals surface area contributed by atoms with E-state index >= 15 is 0 Å². The van der Waals surface area contributed by atoms with E-state index in [1.807, 2.05) is 6.07 Å². The number of fused-ring (bicyclic) bond motifs is 1. The lowest BCUT2D eigenvalue weighted by atomic mass is 10.00. The molecule has 3 heteroatoms. The third-order valence-electron chi connectivity index (χ3n) is 2.58. The Hall–Kier alpha value is -0.540. The van der Waals surface area contributed by atoms with Crippen LogP contribution in [-0.4, -0.2) is 17.3 Å². The molecule has 1 aromatic carbocycles. The number of halogens is 1. The van der Waals surface area contributed by atoms with E-state index in [1.165, 1.54) is 5.56 Å². The van der Waals surface area contributed by atoms with Crippen LogP contribution in [-0.2, 0) is 12.8 Å². The molecular formula is C12H15BrO2. The normalized spacial score (nSPS) is 17.3. The molecule has 0 saturated heterocycles. The van der Waals surface area contributed by atoms with Gasteiger partial charge in [0.1, 0.15) is 11.4 Å². The third kappa shape index (κ3) is 2.18. The van der Waals surface area contributed by atoms with E-state index in [-0.39, 0.29) is 12.2 Å². The first-order valence-electron chi connectivity index (χ1n) is 5.13. The number of benzene rings is 1. The molecule has 1 aliphatic heterocycles. The maximum Gasteiger partial charge on any atom is 0.126 e. The zero-order chi connectivity index (χ0) is 11.1. The predicted octanol–water partition coefficient (Wildman–Crippen LogP) is 2.70. The second kappa shape index (κ2) is 3.80. The quantitative estimate of drug-likeness (QED) is 0.896. The van der Waals surface area contributed by atoms with Crippen molar-refractivity contribution in [2.24, 2.45) is 0 Å². The number of aliphatic hydroxyl groups is 1. The Morgan fingerprint density at radius 1 is 1.47 bits per heavy atom. The minimum atomic E-state index is -0.118. The van der Waals surface area contributed by atoms with E-state index in [2.05, 4.69) is 35.8 Å². The molecular weight excluding hydrogens is 256 g/mol. The average molecular weight is 271 g/mol. The molecule has 0 saturated carbocycles. The van der Waals surface area contributed by atoms with Crippen LogP contribution in [0, 0.1) is 0 Å². The highest BCUT2D eigenvalue weighted by molar-refractivity contribution is 9.10. The van der Waals surface area contributed by atoms with E-state index in [1.54, 1.807) is 0 Å². The summed E-state index contributed by atoms with van der Waals surface area (Å²) in [6.45, 7) is 4.33. The summed E-state index contributed by atoms with van der Waals surface area (Å²) in [6, 6.07) is 4.13. The smallest absolute Gasteiger partial charge is 0.126 e. The molecule has 0 amide bonds. The monoisotopic (exact) mass is 270 g/mol. The fourth-order valence-corrected chi connectivity index (χ4v) is 2.60. The van der Waals surface area contributed by atoms with Crippen molar-refractivity contribution in [2.75, 3.05) is 6.61 Å². The van der Waals surface area contributed by atoms with E-state index in [4.69, 9.17) is 9.84 Å². The van der Waals surface area contributed by atoms with Crippen LogP contribution in [0.3, 0.4) is 0 Å². The lowest BCUT2D eigenvalue weighted by molar-refractivity contribution is 0.136. The molecule has 0 bridgehead atoms. The first-order valence-corrected chi connectivity index (χ1v) is 5.92. The maximum atomic E-state index is 9.00. The molecule has 0 atom stereocenters. The first kappa shape index (κ1) is 11.0. The molecule has 0 aliphatic carbocycles. The summed E-state index contributed by atoms with van der Waals surface area (Å²) in [6.07, 6.45) is 1.58. The Bertz CT molecular complexity index is 385. The van der Waals surface area contributed by atoms with Crippen molar-refractivity contribution in [3.63, 3.8) is 0 Å². The molecule has 1 N–H and O–H groups in total. The summed E-state index contributed by atoms with van der Waals surface area (Å²) in [5, 5.41) is 9.00. The lowest BCUT2D eigenvalue weighted by Gasteiger charge is -2.18. The first-order chi connectivity index (χ1) is 7.02. The predicted molar refractivity (Wildman–Crippen MR) is 63.3 cm³/mol. The van der Waals surface area contributed by atoms with Crippen LogP contribution >= 0.6 is 15.9 Å². The molecule has 15 heavy (non-hydrogen) atoms. The van der Waals surface area contributed by atoms with Crippen molar-refractivity contribution in [1.82, 2.24) is 0 Å². The summed E-state index contributed by atoms with van der Waals surface area (Å²) in [5.41, 5.74) is 2.21. The number of hydrogen-bond donors (Lipinski definition) is 1. The second-order valence-electron chi connectivity index (χ2n) is 4.57. The zero-order valence-electron chi connectivity index (χ0n) is 9.01. The molecule has 1 aliphatic rings. The lowest BCUT2D eigenvalue weighted by Crippen LogP contribution is -2.24. The SMILES string of the molecule is CC1(C)Cc2cc(Br)cc(CCO)c2O1. The van der Waals surface area contributed by atoms with E-state index < -0.39 is 0 Å². The van der Waals surface area contributed by atoms with Gasteiger partial charge in [0.15, 0.2) is 0 Å². The molecule has 0 radical (unpaired) electrons. The number of rotatable bonds is 2. The van der Waals surface area contributed by atoms with Crippen LogP contribution in [0.25, 0.3) is 0 Å². The highest BCUT2D eigenvalue weighted by Gasteiger charge is 2.31. The van der Waals surface area contributed by atoms with Crippen LogP contribution in [0.15, 0.2) is 16.6 Å². The fourth-order valence-electron chi connectivity index (χ4n) is 2.05. The summed E-state index contributed by atoms with van der Waals surface area (Å²) in [5.74, 6) is 0.970. The Labute approximate surface area is 98.4 Å². The summed E-state index contributed by atoms with van der Waals surface area (Å²) in [7, 11) is 0. The van der Waals surface area contributed by atoms with Gasteiger partial charge in [-0.05, 0) is 43.5 Å². The van der Waals surface area contributed by atoms with Gasteiger partial charge in [0.2, 0.25) is 0 Å². The molecule has 1 heterocycles. The van der Waals surface area contributed by atoms with Crippen molar-refractivity contribution < 1.29 is 9.84 Å². The molecule has 1 aromatic rings. The van der Waals surface area contributed by atoms with E-state index in [0.29, 0.717) is 6.42 Å². The summed E-state index contributed by atoms with van der Waals surface area (Å²) >= 11 is 3.49. The molecule has 0 fully saturated rings. The minimum Gasteiger partial charge on any atom is -0.487 e. The van der Waals surface area contributed by atoms with Gasteiger partial charge in [-0.25, -0.2) is 0 Å². The topological polar surface area (TPSA) is 29.5 Å². The van der Waals surface area contributed by atoms with Gasteiger partial charge in [0, 0.05) is 17.5 Å². The molecule has 0 unspecified atom stereocenters. The van der Waals surface area contributed by atoms with Crippen molar-refractivity contribution in [1.29, 1.82) is 0 Å². The van der Waals surface area contributed by atoms with Gasteiger partial charge in [-0.1, -0.05) is 15.9 Å². The molecule has 82 valence electrons. The maximum absolute atomic E-state index is 9.00. The number of ether oxygens (including phenoxy) is 1. The van der Waals surface area contributed by atoms with Gasteiger partial charge in [-0.15, -0.1) is 0 Å². The van der Waals surface area contributed by atoms with Gasteiger partial charge < -0.3 is 9.84 Å². The van der Waals surface area contributed by atoms with Crippen molar-refractivity contribution in [3.8, 4) is 5.75 Å². The highest BCUT2D eigenvalue weighted by Crippen LogP contribution is 2.39. The van der Waals surface area contributed by atoms with Crippen LogP contribution < -0.4 is 4.74 Å². The van der Waals surface area contributed by atoms with Gasteiger partial charge in [0.25, 0.3) is 0 Å². The summed E-state index contributed by atoms with van der Waals surface area (Å²) in [4.78, 5) is 0. The van der Waals surface area contributed by atoms with Gasteiger partial charge >= 0.3 is 0 Å². The largest absolute Gasteiger partial charge is 0.487 e. The standard InChI is InChI=1S/C12H15BrO2/c1-12(2)7-9-6-10(13)5-8(3-4-14)11(9)15-12/h5-6,14H,3-4,7H2,1-2H3. The Kier molecular flexibility index (Phi) is 2.77. The summed E-state index contributed by atoms with van der Waals surface area (Å²) < 4.78 is 6.96. The molecule has 0 spiro atoms. The molecule has 2 nitrogen and oxygen atoms in total. The Balaban J connectivity index is 2.43. The Morgan fingerprint density at radius 3 is 2.87 bits per heavy atom. The highest BCUT2D eigenvalue weighted by atomic mass is 79.9. The van der Waals surface area contributed by atoms with Crippen LogP contribution in [0.2, 0.25) is 0 Å². The van der Waals surface area contributed by atoms with Gasteiger partial charge in [-0.3, -0.25) is 0 Å². The third-order valence-corrected chi connectivity index (χ3v) is 3.04. The van der Waals surface area contributed by atoms with Crippen molar-refractivity contribution >= 4 is 15.9 Å². The average Bonchev–Trinajstić information content (AvgIpc) is 2.40. The van der Waals surface area contributed by atoms with Gasteiger partial charge in [-0.2, -0.15) is 0 Å². The Morgan fingerprint density at radius 2 is 2.20 bits per heavy atom. The molecule has 0 aromatic heterocycles. The minimum absolute atomic E-state index is 0.118. The number of aliphatic hydroxyl groups excluding tert-OH is 1. The zero-order valence-corrected chi connectivity index (χ0v) is 10.6. The van der Waals surface area contributed by atoms with Crippen LogP contribution in [0.5, 0.6) is 5.75 Å². The van der Waals surface area contributed by atoms with Crippen molar-refractivity contribution in [3.05, 3.63) is 27.7 Å². The fraction of sp³-hybridized carbons (Fsp3) is 0.500. The van der Waals surface area contributed by atoms with Crippen LogP contribution in [0.4, 0.5) is 0 Å². The van der Waals surface area contributed by atoms with Crippen LogP contribution in [0.1, 0.15) is 25.0 Å². The number of hydrogen-bond acceptors (Lipinski definition) is 2. The van der Waals surface area contributed by atoms with Crippen molar-refractivity contribution in [2.45, 2.75) is 32.3 Å².